The Morgan fingerprint density at radius 3 is 2.25 bits per heavy atom. The fourth-order valence-electron chi connectivity index (χ4n) is 2.75. The van der Waals surface area contributed by atoms with Gasteiger partial charge in [0.2, 0.25) is 5.91 Å². The van der Waals surface area contributed by atoms with Crippen LogP contribution >= 0.6 is 12.4 Å². The second-order valence-corrected chi connectivity index (χ2v) is 5.79. The Bertz CT molecular complexity index is 463. The van der Waals surface area contributed by atoms with Gasteiger partial charge in [-0.05, 0) is 39.3 Å². The Labute approximate surface area is 128 Å². The highest BCUT2D eigenvalue weighted by Gasteiger charge is 2.52. The highest BCUT2D eigenvalue weighted by atomic mass is 35.5. The van der Waals surface area contributed by atoms with Crippen molar-refractivity contribution >= 4 is 18.3 Å². The molecule has 1 aromatic rings. The Balaban J connectivity index is 0.00000200. The number of hydrogen-bond donors (Lipinski definition) is 1. The van der Waals surface area contributed by atoms with Gasteiger partial charge in [0.1, 0.15) is 0 Å². The third-order valence-electron chi connectivity index (χ3n) is 3.98. The van der Waals surface area contributed by atoms with E-state index in [0.29, 0.717) is 0 Å². The lowest BCUT2D eigenvalue weighted by Gasteiger charge is -2.24. The van der Waals surface area contributed by atoms with Gasteiger partial charge in [0.05, 0.1) is 5.41 Å². The summed E-state index contributed by atoms with van der Waals surface area (Å²) in [5.41, 5.74) is 3.45. The summed E-state index contributed by atoms with van der Waals surface area (Å²) in [7, 11) is 3.82. The molecular formula is C16H25ClN2O. The Morgan fingerprint density at radius 2 is 1.80 bits per heavy atom. The van der Waals surface area contributed by atoms with Crippen LogP contribution in [-0.4, -0.2) is 38.0 Å². The van der Waals surface area contributed by atoms with Gasteiger partial charge >= 0.3 is 0 Å². The standard InChI is InChI=1S/C16H24N2O.ClH/c1-12-9-13(2)11-14(10-12)16(5-6-16)15(19)18(4)8-7-17-3;/h9-11,17H,5-8H2,1-4H3;1H. The van der Waals surface area contributed by atoms with Crippen molar-refractivity contribution in [2.75, 3.05) is 27.2 Å². The SMILES string of the molecule is CNCCN(C)C(=O)C1(c2cc(C)cc(C)c2)CC1.Cl. The van der Waals surface area contributed by atoms with Gasteiger partial charge in [0.25, 0.3) is 0 Å². The molecule has 1 saturated carbocycles. The molecule has 0 saturated heterocycles. The molecule has 0 aliphatic heterocycles. The van der Waals surface area contributed by atoms with Crippen LogP contribution in [-0.2, 0) is 10.2 Å². The Kier molecular flexibility index (Phi) is 5.60. The zero-order chi connectivity index (χ0) is 14.0. The Hall–Kier alpha value is -1.06. The van der Waals surface area contributed by atoms with Crippen LogP contribution < -0.4 is 5.32 Å². The van der Waals surface area contributed by atoms with Crippen LogP contribution in [0.25, 0.3) is 0 Å². The van der Waals surface area contributed by atoms with Crippen molar-refractivity contribution in [1.29, 1.82) is 0 Å². The second kappa shape index (κ2) is 6.59. The molecule has 0 unspecified atom stereocenters. The lowest BCUT2D eigenvalue weighted by molar-refractivity contribution is -0.132. The van der Waals surface area contributed by atoms with Gasteiger partial charge in [0.15, 0.2) is 0 Å². The van der Waals surface area contributed by atoms with E-state index in [1.54, 1.807) is 0 Å². The number of carbonyl (C=O) groups is 1. The molecule has 1 aliphatic carbocycles. The van der Waals surface area contributed by atoms with Gasteiger partial charge in [-0.1, -0.05) is 29.3 Å². The Morgan fingerprint density at radius 1 is 1.25 bits per heavy atom. The van der Waals surface area contributed by atoms with E-state index in [-0.39, 0.29) is 23.7 Å². The van der Waals surface area contributed by atoms with Crippen molar-refractivity contribution in [2.24, 2.45) is 0 Å². The van der Waals surface area contributed by atoms with E-state index in [2.05, 4.69) is 37.4 Å². The number of likely N-dealkylation sites (N-methyl/N-ethyl adjacent to an activating group) is 2. The van der Waals surface area contributed by atoms with Gasteiger partial charge in [-0.15, -0.1) is 12.4 Å². The van der Waals surface area contributed by atoms with Gasteiger partial charge in [-0.2, -0.15) is 0 Å². The van der Waals surface area contributed by atoms with Gasteiger partial charge < -0.3 is 10.2 Å². The summed E-state index contributed by atoms with van der Waals surface area (Å²) >= 11 is 0. The van der Waals surface area contributed by atoms with Crippen LogP contribution in [0.5, 0.6) is 0 Å². The second-order valence-electron chi connectivity index (χ2n) is 5.79. The maximum Gasteiger partial charge on any atom is 0.233 e. The molecule has 1 N–H and O–H groups in total. The molecule has 20 heavy (non-hydrogen) atoms. The third-order valence-corrected chi connectivity index (χ3v) is 3.98. The van der Waals surface area contributed by atoms with Crippen LogP contribution in [0.15, 0.2) is 18.2 Å². The minimum atomic E-state index is -0.237. The highest BCUT2D eigenvalue weighted by molar-refractivity contribution is 5.91. The molecule has 1 aromatic carbocycles. The summed E-state index contributed by atoms with van der Waals surface area (Å²) in [4.78, 5) is 14.5. The first kappa shape index (κ1) is 17.0. The molecule has 3 nitrogen and oxygen atoms in total. The maximum atomic E-state index is 12.7. The van der Waals surface area contributed by atoms with Gasteiger partial charge in [-0.25, -0.2) is 0 Å². The molecule has 4 heteroatoms. The largest absolute Gasteiger partial charge is 0.344 e. The van der Waals surface area contributed by atoms with Crippen LogP contribution in [0.2, 0.25) is 0 Å². The number of halogens is 1. The number of rotatable bonds is 5. The summed E-state index contributed by atoms with van der Waals surface area (Å²) < 4.78 is 0. The topological polar surface area (TPSA) is 32.3 Å². The average molecular weight is 297 g/mol. The molecule has 0 radical (unpaired) electrons. The number of nitrogens with one attached hydrogen (secondary N) is 1. The van der Waals surface area contributed by atoms with Crippen molar-refractivity contribution in [2.45, 2.75) is 32.1 Å². The fraction of sp³-hybridized carbons (Fsp3) is 0.562. The van der Waals surface area contributed by atoms with E-state index in [1.807, 2.05) is 19.0 Å². The van der Waals surface area contributed by atoms with Crippen molar-refractivity contribution in [3.05, 3.63) is 34.9 Å². The molecule has 0 atom stereocenters. The summed E-state index contributed by atoms with van der Waals surface area (Å²) in [5, 5.41) is 3.09. The number of hydrogen-bond acceptors (Lipinski definition) is 2. The smallest absolute Gasteiger partial charge is 0.233 e. The number of aryl methyl sites for hydroxylation is 2. The van der Waals surface area contributed by atoms with Crippen LogP contribution in [0, 0.1) is 13.8 Å². The first-order chi connectivity index (χ1) is 8.99. The number of benzene rings is 1. The molecule has 112 valence electrons. The average Bonchev–Trinajstić information content (AvgIpc) is 3.15. The minimum absolute atomic E-state index is 0. The normalized spacial score (nSPS) is 15.4. The quantitative estimate of drug-likeness (QED) is 0.905. The molecule has 2 rings (SSSR count). The van der Waals surface area contributed by atoms with E-state index >= 15 is 0 Å². The van der Waals surface area contributed by atoms with Gasteiger partial charge in [-0.3, -0.25) is 4.79 Å². The maximum absolute atomic E-state index is 12.7. The highest BCUT2D eigenvalue weighted by Crippen LogP contribution is 2.49. The van der Waals surface area contributed by atoms with E-state index in [0.717, 1.165) is 25.9 Å². The summed E-state index contributed by atoms with van der Waals surface area (Å²) in [6, 6.07) is 6.50. The van der Waals surface area contributed by atoms with Crippen molar-refractivity contribution in [3.63, 3.8) is 0 Å². The summed E-state index contributed by atoms with van der Waals surface area (Å²) in [5.74, 6) is 0.271. The zero-order valence-electron chi connectivity index (χ0n) is 12.8. The predicted octanol–water partition coefficient (Wildman–Crippen LogP) is 2.43. The van der Waals surface area contributed by atoms with Crippen LogP contribution in [0.3, 0.4) is 0 Å². The number of carbonyl (C=O) groups excluding carboxylic acids is 1. The summed E-state index contributed by atoms with van der Waals surface area (Å²) in [6.07, 6.45) is 1.97. The minimum Gasteiger partial charge on any atom is -0.344 e. The van der Waals surface area contributed by atoms with Crippen LogP contribution in [0.1, 0.15) is 29.5 Å². The summed E-state index contributed by atoms with van der Waals surface area (Å²) in [6.45, 7) is 5.80. The van der Waals surface area contributed by atoms with Crippen molar-refractivity contribution < 1.29 is 4.79 Å². The molecule has 0 heterocycles. The van der Waals surface area contributed by atoms with Gasteiger partial charge in [0, 0.05) is 20.1 Å². The van der Waals surface area contributed by atoms with E-state index < -0.39 is 0 Å². The zero-order valence-corrected chi connectivity index (χ0v) is 13.6. The third kappa shape index (κ3) is 3.33. The van der Waals surface area contributed by atoms with Crippen LogP contribution in [0.4, 0.5) is 0 Å². The first-order valence-corrected chi connectivity index (χ1v) is 6.98. The predicted molar refractivity (Wildman–Crippen MR) is 85.6 cm³/mol. The lowest BCUT2D eigenvalue weighted by Crippen LogP contribution is -2.39. The molecule has 0 spiro atoms. The lowest BCUT2D eigenvalue weighted by atomic mass is 9.91. The molecule has 0 aromatic heterocycles. The molecule has 1 amide bonds. The van der Waals surface area contributed by atoms with E-state index in [9.17, 15) is 4.79 Å². The van der Waals surface area contributed by atoms with Crippen molar-refractivity contribution in [1.82, 2.24) is 10.2 Å². The number of nitrogens with zero attached hydrogens (tertiary/aromatic N) is 1. The molecular weight excluding hydrogens is 272 g/mol. The molecule has 1 fully saturated rings. The number of amides is 1. The fourth-order valence-corrected chi connectivity index (χ4v) is 2.75. The molecule has 0 bridgehead atoms. The monoisotopic (exact) mass is 296 g/mol. The first-order valence-electron chi connectivity index (χ1n) is 6.98. The van der Waals surface area contributed by atoms with Crippen molar-refractivity contribution in [3.8, 4) is 0 Å². The molecule has 1 aliphatic rings. The van der Waals surface area contributed by atoms with E-state index in [4.69, 9.17) is 0 Å². The van der Waals surface area contributed by atoms with E-state index in [1.165, 1.54) is 16.7 Å².